The Hall–Kier alpha value is -1.02. The van der Waals surface area contributed by atoms with E-state index in [4.69, 9.17) is 10.3 Å². The van der Waals surface area contributed by atoms with Crippen LogP contribution >= 0.6 is 0 Å². The lowest BCUT2D eigenvalue weighted by Gasteiger charge is -1.99. The Labute approximate surface area is 66.4 Å². The van der Waals surface area contributed by atoms with Gasteiger partial charge in [-0.25, -0.2) is 0 Å². The predicted molar refractivity (Wildman–Crippen MR) is 40.9 cm³/mol. The fourth-order valence-electron chi connectivity index (χ4n) is 0.666. The number of hydrogen-bond acceptors (Lipinski definition) is 2. The van der Waals surface area contributed by atoms with E-state index in [2.05, 4.69) is 0 Å². The van der Waals surface area contributed by atoms with Crippen LogP contribution in [0.5, 0.6) is 5.75 Å². The van der Waals surface area contributed by atoms with Crippen molar-refractivity contribution >= 4 is 0 Å². The Kier molecular flexibility index (Phi) is 1.09. The van der Waals surface area contributed by atoms with Crippen molar-refractivity contribution in [1.82, 2.24) is 0 Å². The third-order valence-corrected chi connectivity index (χ3v) is 1.22. The number of ether oxygens (including phenoxy) is 1. The topological polar surface area (TPSA) is 35.2 Å². The molecule has 0 saturated carbocycles. The minimum atomic E-state index is -2.10. The van der Waals surface area contributed by atoms with Gasteiger partial charge in [0.15, 0.2) is 0 Å². The fourth-order valence-corrected chi connectivity index (χ4v) is 0.666. The zero-order chi connectivity index (χ0) is 10.8. The summed E-state index contributed by atoms with van der Waals surface area (Å²) in [5.74, 6) is 0.617. The Balaban J connectivity index is 2.97. The van der Waals surface area contributed by atoms with Crippen LogP contribution < -0.4 is 10.5 Å². The number of rotatable bonds is 3. The molecule has 2 nitrogen and oxygen atoms in total. The molecule has 0 bridgehead atoms. The van der Waals surface area contributed by atoms with E-state index in [1.807, 2.05) is 0 Å². The smallest absolute Gasteiger partial charge is 0.119 e. The maximum atomic E-state index is 7.43. The summed E-state index contributed by atoms with van der Waals surface area (Å²) in [4.78, 5) is 0. The van der Waals surface area contributed by atoms with E-state index < -0.39 is 6.50 Å². The number of hydrogen-bond donors (Lipinski definition) is 1. The summed E-state index contributed by atoms with van der Waals surface area (Å²) >= 11 is 0. The molecule has 0 fully saturated rings. The van der Waals surface area contributed by atoms with E-state index in [-0.39, 0.29) is 11.3 Å². The molecule has 1 aromatic carbocycles. The van der Waals surface area contributed by atoms with Gasteiger partial charge in [0.05, 0.1) is 7.11 Å². The lowest BCUT2D eigenvalue weighted by atomic mass is 10.2. The van der Waals surface area contributed by atoms with Crippen LogP contribution in [-0.2, 0) is 6.50 Å². The van der Waals surface area contributed by atoms with Gasteiger partial charge in [-0.15, -0.1) is 0 Å². The SMILES string of the molecule is [2H]N([2H])C([2H])([2H])c1ccc(OC)cc1. The molecular weight excluding hydrogens is 126 g/mol. The van der Waals surface area contributed by atoms with Gasteiger partial charge >= 0.3 is 0 Å². The molecular formula is C8H11NO. The van der Waals surface area contributed by atoms with E-state index in [1.54, 1.807) is 12.1 Å². The van der Waals surface area contributed by atoms with E-state index in [0.29, 0.717) is 5.75 Å². The van der Waals surface area contributed by atoms with Crippen molar-refractivity contribution < 1.29 is 10.3 Å². The van der Waals surface area contributed by atoms with Crippen molar-refractivity contribution in [3.8, 4) is 5.75 Å². The first-order chi connectivity index (χ1) is 6.48. The van der Waals surface area contributed by atoms with Gasteiger partial charge < -0.3 is 10.5 Å². The van der Waals surface area contributed by atoms with Gasteiger partial charge in [0, 0.05) is 9.24 Å². The molecule has 0 aliphatic carbocycles. The maximum absolute atomic E-state index is 7.43. The van der Waals surface area contributed by atoms with E-state index in [0.717, 1.165) is 0 Å². The van der Waals surface area contributed by atoms with Crippen LogP contribution in [0.1, 0.15) is 8.30 Å². The summed E-state index contributed by atoms with van der Waals surface area (Å²) in [6.45, 7) is -2.10. The first-order valence-electron chi connectivity index (χ1n) is 4.80. The molecule has 0 radical (unpaired) electrons. The number of nitrogens with two attached hydrogens (primary N) is 1. The normalized spacial score (nSPS) is 17.0. The van der Waals surface area contributed by atoms with Crippen LogP contribution in [0, 0.1) is 0 Å². The van der Waals surface area contributed by atoms with Gasteiger partial charge in [-0.2, -0.15) is 0 Å². The summed E-state index contributed by atoms with van der Waals surface area (Å²) in [6, 6.07) is 6.18. The highest BCUT2D eigenvalue weighted by molar-refractivity contribution is 5.26. The van der Waals surface area contributed by atoms with Gasteiger partial charge in [-0.1, -0.05) is 12.1 Å². The second-order valence-electron chi connectivity index (χ2n) is 1.84. The summed E-state index contributed by atoms with van der Waals surface area (Å²) in [6.07, 6.45) is 0. The molecule has 0 saturated heterocycles. The van der Waals surface area contributed by atoms with Crippen LogP contribution in [0.4, 0.5) is 0 Å². The van der Waals surface area contributed by atoms with Gasteiger partial charge in [-0.05, 0) is 17.7 Å². The lowest BCUT2D eigenvalue weighted by molar-refractivity contribution is 0.414. The highest BCUT2D eigenvalue weighted by Crippen LogP contribution is 2.09. The van der Waals surface area contributed by atoms with Crippen LogP contribution in [0.3, 0.4) is 0 Å². The first kappa shape index (κ1) is 3.39. The van der Waals surface area contributed by atoms with E-state index in [1.165, 1.54) is 19.2 Å². The molecule has 0 amide bonds. The highest BCUT2D eigenvalue weighted by atomic mass is 16.5. The summed E-state index contributed by atoms with van der Waals surface area (Å²) in [5.41, 5.74) is 0.290. The second-order valence-corrected chi connectivity index (χ2v) is 1.84. The van der Waals surface area contributed by atoms with Gasteiger partial charge in [0.1, 0.15) is 8.57 Å². The monoisotopic (exact) mass is 141 g/mol. The van der Waals surface area contributed by atoms with E-state index >= 15 is 0 Å². The van der Waals surface area contributed by atoms with Crippen molar-refractivity contribution in [1.29, 1.82) is 0 Å². The molecule has 0 atom stereocenters. The molecule has 0 heterocycles. The Morgan fingerprint density at radius 3 is 2.80 bits per heavy atom. The Morgan fingerprint density at radius 1 is 1.60 bits per heavy atom. The highest BCUT2D eigenvalue weighted by Gasteiger charge is 1.89. The van der Waals surface area contributed by atoms with Gasteiger partial charge in [0.2, 0.25) is 0 Å². The molecule has 0 aliphatic rings. The largest absolute Gasteiger partial charge is 0.497 e. The zero-order valence-corrected chi connectivity index (χ0v) is 5.66. The molecule has 0 unspecified atom stereocenters. The lowest BCUT2D eigenvalue weighted by Crippen LogP contribution is -1.95. The van der Waals surface area contributed by atoms with Crippen LogP contribution in [0.25, 0.3) is 0 Å². The first-order valence-corrected chi connectivity index (χ1v) is 2.91. The zero-order valence-electron chi connectivity index (χ0n) is 9.66. The number of benzene rings is 1. The summed E-state index contributed by atoms with van der Waals surface area (Å²) < 4.78 is 33.6. The van der Waals surface area contributed by atoms with Gasteiger partial charge in [0.25, 0.3) is 0 Å². The second kappa shape index (κ2) is 3.22. The van der Waals surface area contributed by atoms with Crippen molar-refractivity contribution in [3.05, 3.63) is 29.8 Å². The number of methoxy groups -OCH3 is 1. The molecule has 1 aromatic rings. The third-order valence-electron chi connectivity index (χ3n) is 1.22. The predicted octanol–water partition coefficient (Wildman–Crippen LogP) is 1.15. The molecule has 0 spiro atoms. The Morgan fingerprint density at radius 2 is 2.30 bits per heavy atom. The Bertz CT molecular complexity index is 299. The molecule has 1 rings (SSSR count). The molecule has 0 aromatic heterocycles. The average molecular weight is 141 g/mol. The molecule has 0 aliphatic heterocycles. The van der Waals surface area contributed by atoms with Crippen molar-refractivity contribution in [3.63, 3.8) is 0 Å². The van der Waals surface area contributed by atoms with Crippen LogP contribution in [-0.4, -0.2) is 7.11 Å². The molecule has 10 heavy (non-hydrogen) atoms. The average Bonchev–Trinajstić information content (AvgIpc) is 2.17. The summed E-state index contributed by atoms with van der Waals surface area (Å²) in [5, 5.41) is 0. The fraction of sp³-hybridized carbons (Fsp3) is 0.250. The van der Waals surface area contributed by atoms with Crippen LogP contribution in [0.15, 0.2) is 24.3 Å². The minimum absolute atomic E-state index is 0.0365. The van der Waals surface area contributed by atoms with Crippen LogP contribution in [0.2, 0.25) is 2.82 Å². The third kappa shape index (κ3) is 1.48. The van der Waals surface area contributed by atoms with E-state index in [9.17, 15) is 0 Å². The van der Waals surface area contributed by atoms with Gasteiger partial charge in [-0.3, -0.25) is 0 Å². The van der Waals surface area contributed by atoms with Crippen molar-refractivity contribution in [2.75, 3.05) is 7.11 Å². The summed E-state index contributed by atoms with van der Waals surface area (Å²) in [7, 11) is 1.52. The van der Waals surface area contributed by atoms with Crippen molar-refractivity contribution in [2.45, 2.75) is 6.50 Å². The standard InChI is InChI=1S/C8H11NO/c1-10-8-4-2-7(6-9)3-5-8/h2-5H,6,9H2,1H3/i6D2/hD2. The molecule has 2 heteroatoms. The molecule has 2 N–H and O–H groups in total. The maximum Gasteiger partial charge on any atom is 0.119 e. The quantitative estimate of drug-likeness (QED) is 0.685. The molecule has 54 valence electrons. The van der Waals surface area contributed by atoms with Crippen molar-refractivity contribution in [2.24, 2.45) is 5.72 Å². The minimum Gasteiger partial charge on any atom is -0.497 e.